The van der Waals surface area contributed by atoms with Crippen LogP contribution in [0.2, 0.25) is 5.15 Å². The predicted molar refractivity (Wildman–Crippen MR) is 131 cm³/mol. The number of halogens is 1. The van der Waals surface area contributed by atoms with Crippen LogP contribution in [-0.4, -0.2) is 17.4 Å². The molecule has 0 atom stereocenters. The average Bonchev–Trinajstić information content (AvgIpc) is 3.15. The smallest absolute Gasteiger partial charge is 0.258 e. The van der Waals surface area contributed by atoms with Crippen molar-refractivity contribution in [2.75, 3.05) is 11.4 Å². The number of fused-ring (bicyclic) bond motifs is 2. The molecule has 162 valence electrons. The molecule has 3 aromatic rings. The van der Waals surface area contributed by atoms with Crippen molar-refractivity contribution in [1.82, 2.24) is 4.98 Å². The number of anilines is 1. The van der Waals surface area contributed by atoms with Gasteiger partial charge >= 0.3 is 0 Å². The number of carbonyl (C=O) groups is 1. The van der Waals surface area contributed by atoms with E-state index >= 15 is 0 Å². The van der Waals surface area contributed by atoms with Gasteiger partial charge in [0.25, 0.3) is 5.91 Å². The first-order valence-corrected chi connectivity index (χ1v) is 11.8. The highest BCUT2D eigenvalue weighted by atomic mass is 35.5. The number of amides is 1. The van der Waals surface area contributed by atoms with Gasteiger partial charge in [0.05, 0.1) is 0 Å². The normalized spacial score (nSPS) is 22.4. The van der Waals surface area contributed by atoms with Gasteiger partial charge in [-0.05, 0) is 67.3 Å². The molecule has 4 heteroatoms. The largest absolute Gasteiger partial charge is 0.307 e. The Labute approximate surface area is 194 Å². The van der Waals surface area contributed by atoms with Gasteiger partial charge in [-0.2, -0.15) is 0 Å². The molecule has 2 aliphatic rings. The third kappa shape index (κ3) is 4.10. The van der Waals surface area contributed by atoms with Crippen molar-refractivity contribution in [3.05, 3.63) is 101 Å². The van der Waals surface area contributed by atoms with Crippen molar-refractivity contribution < 1.29 is 4.79 Å². The average molecular weight is 443 g/mol. The Morgan fingerprint density at radius 1 is 1.06 bits per heavy atom. The second-order valence-corrected chi connectivity index (χ2v) is 9.44. The number of para-hydroxylation sites is 1. The number of pyridine rings is 1. The zero-order chi connectivity index (χ0) is 22.0. The maximum absolute atomic E-state index is 13.4. The monoisotopic (exact) mass is 442 g/mol. The van der Waals surface area contributed by atoms with E-state index in [9.17, 15) is 4.79 Å². The topological polar surface area (TPSA) is 33.2 Å². The van der Waals surface area contributed by atoms with Gasteiger partial charge in [-0.1, -0.05) is 72.3 Å². The second-order valence-electron chi connectivity index (χ2n) is 9.05. The Balaban J connectivity index is 1.30. The molecule has 0 radical (unpaired) electrons. The zero-order valence-electron chi connectivity index (χ0n) is 18.1. The number of nitrogens with zero attached hydrogens (tertiary/aromatic N) is 2. The van der Waals surface area contributed by atoms with Crippen LogP contribution in [0, 0.1) is 5.92 Å². The van der Waals surface area contributed by atoms with Gasteiger partial charge in [0.2, 0.25) is 0 Å². The molecule has 32 heavy (non-hydrogen) atoms. The molecule has 2 heterocycles. The molecule has 0 N–H and O–H groups in total. The van der Waals surface area contributed by atoms with Crippen molar-refractivity contribution in [1.29, 1.82) is 0 Å². The fourth-order valence-electron chi connectivity index (χ4n) is 5.36. The van der Waals surface area contributed by atoms with Crippen LogP contribution in [0.15, 0.2) is 79.0 Å². The lowest BCUT2D eigenvalue weighted by Gasteiger charge is -2.37. The van der Waals surface area contributed by atoms with E-state index in [4.69, 9.17) is 11.6 Å². The van der Waals surface area contributed by atoms with E-state index in [-0.39, 0.29) is 11.3 Å². The lowest BCUT2D eigenvalue weighted by Crippen LogP contribution is -2.39. The van der Waals surface area contributed by atoms with Crippen LogP contribution in [0.3, 0.4) is 0 Å². The molecule has 1 aliphatic carbocycles. The summed E-state index contributed by atoms with van der Waals surface area (Å²) < 4.78 is 0. The highest BCUT2D eigenvalue weighted by Gasteiger charge is 2.46. The number of benzene rings is 2. The fraction of sp³-hybridized carbons (Fsp3) is 0.286. The van der Waals surface area contributed by atoms with E-state index in [0.717, 1.165) is 31.5 Å². The quantitative estimate of drug-likeness (QED) is 0.410. The minimum Gasteiger partial charge on any atom is -0.307 e. The van der Waals surface area contributed by atoms with E-state index in [0.29, 0.717) is 16.6 Å². The van der Waals surface area contributed by atoms with Gasteiger partial charge in [-0.15, -0.1) is 0 Å². The molecule has 1 fully saturated rings. The molecule has 0 bridgehead atoms. The Kier molecular flexibility index (Phi) is 5.84. The van der Waals surface area contributed by atoms with E-state index in [2.05, 4.69) is 65.7 Å². The highest BCUT2D eigenvalue weighted by Crippen LogP contribution is 2.51. The summed E-state index contributed by atoms with van der Waals surface area (Å²) in [5.41, 5.74) is 4.29. The summed E-state index contributed by atoms with van der Waals surface area (Å²) in [5, 5.41) is 0.349. The SMILES string of the molecule is O=C(c1ccnc(Cl)c1)N1CC2(CCC(C/C=C/c3ccccc3)CC2)c2ccccc21. The Bertz CT molecular complexity index is 1130. The van der Waals surface area contributed by atoms with Crippen LogP contribution in [-0.2, 0) is 5.41 Å². The minimum atomic E-state index is 0.00606. The molecule has 1 saturated carbocycles. The molecule has 0 saturated heterocycles. The van der Waals surface area contributed by atoms with E-state index < -0.39 is 0 Å². The van der Waals surface area contributed by atoms with Gasteiger partial charge in [0.1, 0.15) is 5.15 Å². The Hall–Kier alpha value is -2.91. The number of carbonyl (C=O) groups excluding carboxylic acids is 1. The molecule has 1 spiro atoms. The number of rotatable bonds is 4. The standard InChI is InChI=1S/C28H27ClN2O/c29-26-19-23(15-18-30-26)27(32)31-20-28(24-11-4-5-12-25(24)31)16-13-22(14-17-28)10-6-9-21-7-2-1-3-8-21/h1-9,11-12,15,18-19,22H,10,13-14,16-17,20H2/b9-6+. The Morgan fingerprint density at radius 2 is 1.81 bits per heavy atom. The van der Waals surface area contributed by atoms with Crippen LogP contribution < -0.4 is 4.90 Å². The Morgan fingerprint density at radius 3 is 2.59 bits per heavy atom. The molecule has 5 rings (SSSR count). The molecule has 1 aliphatic heterocycles. The predicted octanol–water partition coefficient (Wildman–Crippen LogP) is 6.93. The molecular weight excluding hydrogens is 416 g/mol. The van der Waals surface area contributed by atoms with Gasteiger partial charge in [-0.3, -0.25) is 4.79 Å². The maximum Gasteiger partial charge on any atom is 0.258 e. The molecule has 3 nitrogen and oxygen atoms in total. The first kappa shape index (κ1) is 21.0. The van der Waals surface area contributed by atoms with E-state index in [1.54, 1.807) is 18.3 Å². The summed E-state index contributed by atoms with van der Waals surface area (Å²) in [7, 11) is 0. The van der Waals surface area contributed by atoms with E-state index in [1.165, 1.54) is 24.0 Å². The first-order chi connectivity index (χ1) is 15.6. The zero-order valence-corrected chi connectivity index (χ0v) is 18.8. The van der Waals surface area contributed by atoms with Gasteiger partial charge in [0.15, 0.2) is 0 Å². The number of hydrogen-bond acceptors (Lipinski definition) is 2. The number of hydrogen-bond donors (Lipinski definition) is 0. The number of allylic oxidation sites excluding steroid dienone is 1. The van der Waals surface area contributed by atoms with Crippen LogP contribution in [0.4, 0.5) is 5.69 Å². The van der Waals surface area contributed by atoms with Crippen molar-refractivity contribution in [2.45, 2.75) is 37.5 Å². The van der Waals surface area contributed by atoms with Crippen molar-refractivity contribution in [3.63, 3.8) is 0 Å². The van der Waals surface area contributed by atoms with Crippen LogP contribution in [0.5, 0.6) is 0 Å². The highest BCUT2D eigenvalue weighted by molar-refractivity contribution is 6.29. The van der Waals surface area contributed by atoms with Gasteiger partial charge in [-0.25, -0.2) is 4.98 Å². The summed E-state index contributed by atoms with van der Waals surface area (Å²) in [4.78, 5) is 19.3. The third-order valence-electron chi connectivity index (χ3n) is 7.09. The third-order valence-corrected chi connectivity index (χ3v) is 7.29. The van der Waals surface area contributed by atoms with Crippen LogP contribution in [0.1, 0.15) is 53.6 Å². The lowest BCUT2D eigenvalue weighted by molar-refractivity contribution is 0.0980. The van der Waals surface area contributed by atoms with Gasteiger partial charge in [0, 0.05) is 29.4 Å². The van der Waals surface area contributed by atoms with Crippen molar-refractivity contribution in [3.8, 4) is 0 Å². The molecule has 1 amide bonds. The maximum atomic E-state index is 13.4. The molecular formula is C28H27ClN2O. The second kappa shape index (κ2) is 8.91. The summed E-state index contributed by atoms with van der Waals surface area (Å²) in [6.07, 6.45) is 11.9. The lowest BCUT2D eigenvalue weighted by atomic mass is 9.67. The molecule has 2 aromatic carbocycles. The molecule has 0 unspecified atom stereocenters. The molecule has 1 aromatic heterocycles. The first-order valence-electron chi connectivity index (χ1n) is 11.4. The van der Waals surface area contributed by atoms with E-state index in [1.807, 2.05) is 11.0 Å². The summed E-state index contributed by atoms with van der Waals surface area (Å²) >= 11 is 6.05. The number of aromatic nitrogens is 1. The van der Waals surface area contributed by atoms with Crippen molar-refractivity contribution >= 4 is 29.3 Å². The summed E-state index contributed by atoms with van der Waals surface area (Å²) in [5.74, 6) is 0.711. The fourth-order valence-corrected chi connectivity index (χ4v) is 5.53. The summed E-state index contributed by atoms with van der Waals surface area (Å²) in [6.45, 7) is 0.748. The van der Waals surface area contributed by atoms with Crippen LogP contribution >= 0.6 is 11.6 Å². The van der Waals surface area contributed by atoms with Crippen LogP contribution in [0.25, 0.3) is 6.08 Å². The van der Waals surface area contributed by atoms with Crippen molar-refractivity contribution in [2.24, 2.45) is 5.92 Å². The summed E-state index contributed by atoms with van der Waals surface area (Å²) in [6, 6.07) is 22.3. The minimum absolute atomic E-state index is 0.00606. The van der Waals surface area contributed by atoms with Gasteiger partial charge < -0.3 is 4.90 Å².